The van der Waals surface area contributed by atoms with Gasteiger partial charge in [0.15, 0.2) is 0 Å². The summed E-state index contributed by atoms with van der Waals surface area (Å²) in [6.45, 7) is 2.80. The van der Waals surface area contributed by atoms with E-state index in [-0.39, 0.29) is 48.6 Å². The molecule has 5 atom stereocenters. The van der Waals surface area contributed by atoms with Gasteiger partial charge < -0.3 is 63.4 Å². The molecule has 0 aliphatic carbocycles. The number of amides is 5. The molecule has 0 saturated carbocycles. The van der Waals surface area contributed by atoms with Crippen LogP contribution >= 0.6 is 0 Å². The lowest BCUT2D eigenvalue weighted by atomic mass is 9.95. The van der Waals surface area contributed by atoms with Gasteiger partial charge in [0.2, 0.25) is 29.5 Å². The van der Waals surface area contributed by atoms with Gasteiger partial charge in [-0.2, -0.15) is 0 Å². The highest BCUT2D eigenvalue weighted by atomic mass is 16.3. The minimum Gasteiger partial charge on any atom is -0.508 e. The first kappa shape index (κ1) is 48.6. The molecule has 0 saturated heterocycles. The number of phenols is 2. The van der Waals surface area contributed by atoms with Crippen molar-refractivity contribution in [3.63, 3.8) is 0 Å². The van der Waals surface area contributed by atoms with E-state index in [1.165, 1.54) is 6.07 Å². The maximum Gasteiger partial charge on any atom is 0.243 e. The second-order valence-corrected chi connectivity index (χ2v) is 15.0. The SMILES string of the molecule is CNCCC[C@H](NC(=O)[C@@H]1Cc2cc(ccc2O)-c2ccc(O)c(c2)C[C@H](NC)C(=O)N[C@@H](CCCNC)C(=O)N1)C(=O)NCCCCC(CC(=O)NCCNC)NC. The Morgan fingerprint density at radius 3 is 1.98 bits per heavy atom. The van der Waals surface area contributed by atoms with E-state index in [1.54, 1.807) is 51.5 Å². The lowest BCUT2D eigenvalue weighted by Crippen LogP contribution is -2.58. The highest BCUT2D eigenvalue weighted by Crippen LogP contribution is 2.31. The topological polar surface area (TPSA) is 246 Å². The van der Waals surface area contributed by atoms with Crippen LogP contribution in [-0.4, -0.2) is 138 Å². The Morgan fingerprint density at radius 2 is 1.36 bits per heavy atom. The van der Waals surface area contributed by atoms with Gasteiger partial charge in [-0.25, -0.2) is 0 Å². The Kier molecular flexibility index (Phi) is 21.7. The first-order chi connectivity index (χ1) is 28.4. The molecule has 2 aromatic rings. The van der Waals surface area contributed by atoms with Gasteiger partial charge in [-0.15, -0.1) is 0 Å². The number of hydrogen-bond acceptors (Lipinski definition) is 12. The predicted molar refractivity (Wildman–Crippen MR) is 229 cm³/mol. The summed E-state index contributed by atoms with van der Waals surface area (Å²) in [7, 11) is 8.86. The molecule has 0 radical (unpaired) electrons. The molecule has 2 aromatic carbocycles. The van der Waals surface area contributed by atoms with Crippen LogP contribution in [-0.2, 0) is 36.8 Å². The summed E-state index contributed by atoms with van der Waals surface area (Å²) in [4.78, 5) is 67.9. The Morgan fingerprint density at radius 1 is 0.712 bits per heavy atom. The van der Waals surface area contributed by atoms with Gasteiger partial charge in [0.25, 0.3) is 0 Å². The van der Waals surface area contributed by atoms with Gasteiger partial charge in [0, 0.05) is 44.9 Å². The lowest BCUT2D eigenvalue weighted by molar-refractivity contribution is -0.134. The standard InChI is InChI=1S/C42H68N10O7/c1-43-17-8-11-32(39(56)49-19-7-6-10-31(46-4)26-38(55)48-21-20-45-3)50-42(59)35-25-30-23-28(14-16-37(30)54)27-13-15-36(53)29(22-27)24-34(47-5)41(58)51-33(40(57)52-35)12-9-18-44-2/h13-16,22-23,31-35,43-47,53-54H,6-12,17-21,24-26H2,1-5H3,(H,48,55)(H,49,56)(H,50,59)(H,51,58)(H,52,57)/t31?,32-,33-,34-,35-/m0/s1. The third kappa shape index (κ3) is 16.4. The van der Waals surface area contributed by atoms with Crippen LogP contribution in [0.15, 0.2) is 36.4 Å². The zero-order chi connectivity index (χ0) is 43.2. The smallest absolute Gasteiger partial charge is 0.243 e. The minimum atomic E-state index is -1.23. The number of nitrogens with one attached hydrogen (secondary N) is 10. The number of likely N-dealkylation sites (N-methyl/N-ethyl adjacent to an activating group) is 2. The zero-order valence-electron chi connectivity index (χ0n) is 35.4. The van der Waals surface area contributed by atoms with E-state index in [9.17, 15) is 34.2 Å². The molecule has 1 aliphatic rings. The summed E-state index contributed by atoms with van der Waals surface area (Å²) < 4.78 is 0. The maximum atomic E-state index is 14.3. The van der Waals surface area contributed by atoms with Crippen molar-refractivity contribution in [3.8, 4) is 22.6 Å². The van der Waals surface area contributed by atoms with E-state index in [0.29, 0.717) is 87.1 Å². The van der Waals surface area contributed by atoms with Crippen molar-refractivity contribution in [1.82, 2.24) is 53.2 Å². The van der Waals surface area contributed by atoms with Crippen molar-refractivity contribution in [2.45, 2.75) is 94.4 Å². The number of fused-ring (bicyclic) bond motifs is 5. The number of hydrogen-bond donors (Lipinski definition) is 12. The Hall–Kier alpha value is -4.81. The van der Waals surface area contributed by atoms with Crippen LogP contribution in [0, 0.1) is 0 Å². The van der Waals surface area contributed by atoms with E-state index in [2.05, 4.69) is 53.2 Å². The molecular weight excluding hydrogens is 757 g/mol. The van der Waals surface area contributed by atoms with E-state index in [0.717, 1.165) is 12.8 Å². The van der Waals surface area contributed by atoms with Crippen LogP contribution in [0.5, 0.6) is 11.5 Å². The van der Waals surface area contributed by atoms with Crippen molar-refractivity contribution in [2.75, 3.05) is 68.0 Å². The largest absolute Gasteiger partial charge is 0.508 e. The Balaban J connectivity index is 1.85. The average Bonchev–Trinajstić information content (AvgIpc) is 3.22. The number of carbonyl (C=O) groups is 5. The first-order valence-corrected chi connectivity index (χ1v) is 20.8. The first-order valence-electron chi connectivity index (χ1n) is 20.8. The third-order valence-corrected chi connectivity index (χ3v) is 10.6. The molecule has 12 N–H and O–H groups in total. The van der Waals surface area contributed by atoms with Gasteiger partial charge in [0.1, 0.15) is 29.6 Å². The predicted octanol–water partition coefficient (Wildman–Crippen LogP) is -0.495. The Bertz CT molecular complexity index is 1660. The highest BCUT2D eigenvalue weighted by Gasteiger charge is 2.32. The van der Waals surface area contributed by atoms with Crippen LogP contribution in [0.4, 0.5) is 0 Å². The molecule has 0 aromatic heterocycles. The minimum absolute atomic E-state index is 0.00653. The van der Waals surface area contributed by atoms with Crippen molar-refractivity contribution in [3.05, 3.63) is 47.5 Å². The van der Waals surface area contributed by atoms with Crippen LogP contribution in [0.2, 0.25) is 0 Å². The normalized spacial score (nSPS) is 18.0. The van der Waals surface area contributed by atoms with E-state index in [4.69, 9.17) is 0 Å². The second-order valence-electron chi connectivity index (χ2n) is 15.0. The molecular formula is C42H68N10O7. The molecule has 4 bridgehead atoms. The number of rotatable bonds is 23. The van der Waals surface area contributed by atoms with Gasteiger partial charge in [0.05, 0.1) is 6.04 Å². The summed E-state index contributed by atoms with van der Waals surface area (Å²) in [6, 6.07) is 6.04. The molecule has 17 heteroatoms. The van der Waals surface area contributed by atoms with Crippen LogP contribution in [0.1, 0.15) is 62.5 Å². The third-order valence-electron chi connectivity index (χ3n) is 10.6. The fourth-order valence-corrected chi connectivity index (χ4v) is 6.97. The van der Waals surface area contributed by atoms with Gasteiger partial charge >= 0.3 is 0 Å². The molecule has 3 rings (SSSR count). The molecule has 0 fully saturated rings. The molecule has 1 heterocycles. The summed E-state index contributed by atoms with van der Waals surface area (Å²) in [5, 5.41) is 51.5. The quantitative estimate of drug-likeness (QED) is 0.0636. The fraction of sp³-hybridized carbons (Fsp3) is 0.595. The van der Waals surface area contributed by atoms with Crippen LogP contribution in [0.25, 0.3) is 11.1 Å². The van der Waals surface area contributed by atoms with Gasteiger partial charge in [-0.3, -0.25) is 24.0 Å². The van der Waals surface area contributed by atoms with Crippen molar-refractivity contribution in [2.24, 2.45) is 0 Å². The molecule has 59 heavy (non-hydrogen) atoms. The Labute approximate surface area is 348 Å². The molecule has 1 aliphatic heterocycles. The van der Waals surface area contributed by atoms with E-state index < -0.39 is 41.9 Å². The average molecular weight is 825 g/mol. The summed E-state index contributed by atoms with van der Waals surface area (Å²) in [6.07, 6.45) is 4.22. The van der Waals surface area contributed by atoms with Crippen LogP contribution in [0.3, 0.4) is 0 Å². The van der Waals surface area contributed by atoms with Crippen molar-refractivity contribution < 1.29 is 34.2 Å². The van der Waals surface area contributed by atoms with E-state index in [1.807, 2.05) is 14.1 Å². The number of carbonyl (C=O) groups excluding carboxylic acids is 5. The monoisotopic (exact) mass is 825 g/mol. The van der Waals surface area contributed by atoms with E-state index >= 15 is 0 Å². The van der Waals surface area contributed by atoms with Crippen molar-refractivity contribution >= 4 is 29.5 Å². The summed E-state index contributed by atoms with van der Waals surface area (Å²) >= 11 is 0. The van der Waals surface area contributed by atoms with Crippen molar-refractivity contribution in [1.29, 1.82) is 0 Å². The number of benzene rings is 2. The zero-order valence-corrected chi connectivity index (χ0v) is 35.4. The second kappa shape index (κ2) is 26.3. The fourth-order valence-electron chi connectivity index (χ4n) is 6.97. The molecule has 5 amide bonds. The molecule has 1 unspecified atom stereocenters. The van der Waals surface area contributed by atoms with Gasteiger partial charge in [-0.1, -0.05) is 18.6 Å². The maximum absolute atomic E-state index is 14.3. The summed E-state index contributed by atoms with van der Waals surface area (Å²) in [5.41, 5.74) is 2.29. The van der Waals surface area contributed by atoms with Crippen LogP contribution < -0.4 is 53.2 Å². The number of aromatic hydroxyl groups is 2. The lowest BCUT2D eigenvalue weighted by Gasteiger charge is -2.27. The molecule has 0 spiro atoms. The van der Waals surface area contributed by atoms with Gasteiger partial charge in [-0.05, 0) is 133 Å². The number of phenolic OH excluding ortho intramolecular Hbond substituents is 2. The highest BCUT2D eigenvalue weighted by molar-refractivity contribution is 5.95. The molecule has 17 nitrogen and oxygen atoms in total. The summed E-state index contributed by atoms with van der Waals surface area (Å²) in [5.74, 6) is -2.14. The number of unbranched alkanes of at least 4 members (excludes halogenated alkanes) is 1. The molecule has 328 valence electrons.